The number of pyridine rings is 1. The molecule has 0 unspecified atom stereocenters. The Morgan fingerprint density at radius 1 is 1.00 bits per heavy atom. The van der Waals surface area contributed by atoms with Crippen molar-refractivity contribution in [2.24, 2.45) is 0 Å². The van der Waals surface area contributed by atoms with Gasteiger partial charge in [-0.1, -0.05) is 0 Å². The van der Waals surface area contributed by atoms with E-state index in [0.717, 1.165) is 0 Å². The maximum Gasteiger partial charge on any atom is 0.269 e. The number of fused-ring (bicyclic) bond motifs is 1. The van der Waals surface area contributed by atoms with Crippen molar-refractivity contribution in [3.05, 3.63) is 72.2 Å². The minimum Gasteiger partial charge on any atom is -0.478 e. The van der Waals surface area contributed by atoms with Crippen LogP contribution in [0.4, 0.5) is 15.9 Å². The van der Waals surface area contributed by atoms with E-state index < -0.39 is 23.2 Å². The molecule has 1 aliphatic heterocycles. The van der Waals surface area contributed by atoms with Crippen molar-refractivity contribution in [3.8, 4) is 17.2 Å². The average molecular weight is 437 g/mol. The molecule has 9 heteroatoms. The van der Waals surface area contributed by atoms with E-state index in [2.05, 4.69) is 15.6 Å². The Balaban J connectivity index is 1.37. The molecule has 0 aliphatic carbocycles. The van der Waals surface area contributed by atoms with Crippen molar-refractivity contribution in [3.63, 3.8) is 0 Å². The van der Waals surface area contributed by atoms with Gasteiger partial charge in [0.15, 0.2) is 17.1 Å². The molecule has 0 atom stereocenters. The Labute approximate surface area is 183 Å². The number of carbonyl (C=O) groups excluding carboxylic acids is 2. The molecule has 1 aromatic heterocycles. The fraction of sp³-hybridized carbons (Fsp3) is 0.174. The molecule has 2 aromatic carbocycles. The summed E-state index contributed by atoms with van der Waals surface area (Å²) in [6.45, 7) is 3.39. The monoisotopic (exact) mass is 437 g/mol. The smallest absolute Gasteiger partial charge is 0.269 e. The summed E-state index contributed by atoms with van der Waals surface area (Å²) < 4.78 is 29.4. The van der Waals surface area contributed by atoms with Gasteiger partial charge in [0.2, 0.25) is 6.79 Å². The van der Waals surface area contributed by atoms with Crippen molar-refractivity contribution in [2.75, 3.05) is 17.4 Å². The minimum atomic E-state index is -1.21. The van der Waals surface area contributed by atoms with E-state index in [0.29, 0.717) is 22.9 Å². The van der Waals surface area contributed by atoms with E-state index in [1.165, 1.54) is 42.6 Å². The van der Waals surface area contributed by atoms with Gasteiger partial charge in [-0.25, -0.2) is 9.37 Å². The van der Waals surface area contributed by atoms with E-state index in [9.17, 15) is 14.0 Å². The third-order valence-electron chi connectivity index (χ3n) is 4.63. The van der Waals surface area contributed by atoms with Gasteiger partial charge in [-0.3, -0.25) is 9.59 Å². The fourth-order valence-electron chi connectivity index (χ4n) is 2.89. The van der Waals surface area contributed by atoms with Crippen molar-refractivity contribution in [2.45, 2.75) is 19.4 Å². The second-order valence-corrected chi connectivity index (χ2v) is 7.47. The zero-order valence-corrected chi connectivity index (χ0v) is 17.3. The number of hydrogen-bond donors (Lipinski definition) is 2. The zero-order valence-electron chi connectivity index (χ0n) is 17.3. The largest absolute Gasteiger partial charge is 0.478 e. The number of carbonyl (C=O) groups is 2. The second-order valence-electron chi connectivity index (χ2n) is 7.47. The van der Waals surface area contributed by atoms with Crippen LogP contribution in [0, 0.1) is 5.82 Å². The molecular weight excluding hydrogens is 417 g/mol. The lowest BCUT2D eigenvalue weighted by atomic mass is 10.1. The predicted octanol–water partition coefficient (Wildman–Crippen LogP) is 4.00. The molecule has 32 heavy (non-hydrogen) atoms. The highest BCUT2D eigenvalue weighted by atomic mass is 19.1. The number of anilines is 2. The van der Waals surface area contributed by atoms with Crippen molar-refractivity contribution in [1.82, 2.24) is 4.98 Å². The van der Waals surface area contributed by atoms with Gasteiger partial charge in [0.1, 0.15) is 17.4 Å². The Kier molecular flexibility index (Phi) is 5.63. The number of rotatable bonds is 6. The van der Waals surface area contributed by atoms with Crippen molar-refractivity contribution in [1.29, 1.82) is 0 Å². The van der Waals surface area contributed by atoms with Gasteiger partial charge in [-0.05, 0) is 62.4 Å². The van der Waals surface area contributed by atoms with Crippen LogP contribution in [0.1, 0.15) is 24.2 Å². The summed E-state index contributed by atoms with van der Waals surface area (Å²) in [4.78, 5) is 29.1. The molecule has 8 nitrogen and oxygen atoms in total. The standard InChI is InChI=1S/C23H20FN3O5/c1-23(2,32-17-8-9-18-19(11-17)31-13-30-18)22(29)27-20-10-3-14(12-25-20)21(28)26-16-6-4-15(24)5-7-16/h3-12H,13H2,1-2H3,(H,26,28)(H,25,27,29). The first-order valence-electron chi connectivity index (χ1n) is 9.73. The zero-order chi connectivity index (χ0) is 22.7. The second kappa shape index (κ2) is 8.54. The van der Waals surface area contributed by atoms with Gasteiger partial charge >= 0.3 is 0 Å². The number of ether oxygens (including phenoxy) is 3. The Bertz CT molecular complexity index is 1150. The number of aromatic nitrogens is 1. The molecule has 0 bridgehead atoms. The van der Waals surface area contributed by atoms with E-state index in [1.807, 2.05) is 0 Å². The van der Waals surface area contributed by atoms with Crippen LogP contribution in [-0.4, -0.2) is 29.2 Å². The van der Waals surface area contributed by atoms with Gasteiger partial charge in [-0.2, -0.15) is 0 Å². The third-order valence-corrected chi connectivity index (χ3v) is 4.63. The molecule has 2 heterocycles. The quantitative estimate of drug-likeness (QED) is 0.605. The van der Waals surface area contributed by atoms with E-state index in [1.54, 1.807) is 32.0 Å². The van der Waals surface area contributed by atoms with E-state index in [4.69, 9.17) is 14.2 Å². The fourth-order valence-corrected chi connectivity index (χ4v) is 2.89. The van der Waals surface area contributed by atoms with Crippen LogP contribution in [0.3, 0.4) is 0 Å². The molecule has 0 fully saturated rings. The molecule has 0 radical (unpaired) electrons. The summed E-state index contributed by atoms with van der Waals surface area (Å²) in [5.74, 6) is 0.655. The van der Waals surface area contributed by atoms with Crippen molar-refractivity contribution < 1.29 is 28.2 Å². The molecule has 2 N–H and O–H groups in total. The topological polar surface area (TPSA) is 98.8 Å². The number of halogens is 1. The molecule has 1 aliphatic rings. The van der Waals surface area contributed by atoms with E-state index >= 15 is 0 Å². The van der Waals surface area contributed by atoms with Gasteiger partial charge in [0.25, 0.3) is 11.8 Å². The highest BCUT2D eigenvalue weighted by molar-refractivity contribution is 6.04. The van der Waals surface area contributed by atoms with Crippen LogP contribution < -0.4 is 24.8 Å². The molecule has 2 amide bonds. The van der Waals surface area contributed by atoms with Crippen molar-refractivity contribution >= 4 is 23.3 Å². The molecule has 3 aromatic rings. The van der Waals surface area contributed by atoms with Gasteiger partial charge in [-0.15, -0.1) is 0 Å². The van der Waals surface area contributed by atoms with Crippen LogP contribution in [0.5, 0.6) is 17.2 Å². The highest BCUT2D eigenvalue weighted by Gasteiger charge is 2.31. The number of amides is 2. The van der Waals surface area contributed by atoms with Crippen LogP contribution >= 0.6 is 0 Å². The number of hydrogen-bond acceptors (Lipinski definition) is 6. The van der Waals surface area contributed by atoms with Crippen LogP contribution in [0.25, 0.3) is 0 Å². The Morgan fingerprint density at radius 2 is 1.75 bits per heavy atom. The Morgan fingerprint density at radius 3 is 2.47 bits per heavy atom. The maximum atomic E-state index is 13.0. The molecular formula is C23H20FN3O5. The third kappa shape index (κ3) is 4.77. The highest BCUT2D eigenvalue weighted by Crippen LogP contribution is 2.36. The first kappa shape index (κ1) is 21.1. The number of benzene rings is 2. The lowest BCUT2D eigenvalue weighted by Crippen LogP contribution is -2.42. The lowest BCUT2D eigenvalue weighted by Gasteiger charge is -2.25. The number of nitrogens with zero attached hydrogens (tertiary/aromatic N) is 1. The summed E-state index contributed by atoms with van der Waals surface area (Å²) in [5.41, 5.74) is -0.479. The Hall–Kier alpha value is -4.14. The molecule has 164 valence electrons. The summed E-state index contributed by atoms with van der Waals surface area (Å²) in [6.07, 6.45) is 1.33. The number of nitrogens with one attached hydrogen (secondary N) is 2. The SMILES string of the molecule is CC(C)(Oc1ccc2c(c1)OCO2)C(=O)Nc1ccc(C(=O)Nc2ccc(F)cc2)cn1. The van der Waals surface area contributed by atoms with Crippen LogP contribution in [0.15, 0.2) is 60.8 Å². The summed E-state index contributed by atoms with van der Waals surface area (Å²) in [7, 11) is 0. The van der Waals surface area contributed by atoms with Crippen LogP contribution in [0.2, 0.25) is 0 Å². The summed E-state index contributed by atoms with van der Waals surface area (Å²) in [5, 5.41) is 5.32. The van der Waals surface area contributed by atoms with Gasteiger partial charge in [0.05, 0.1) is 5.56 Å². The molecule has 4 rings (SSSR count). The van der Waals surface area contributed by atoms with Gasteiger partial charge in [0, 0.05) is 18.0 Å². The van der Waals surface area contributed by atoms with Crippen LogP contribution in [-0.2, 0) is 4.79 Å². The molecule has 0 saturated carbocycles. The normalized spacial score (nSPS) is 12.2. The molecule has 0 spiro atoms. The minimum absolute atomic E-state index is 0.145. The summed E-state index contributed by atoms with van der Waals surface area (Å²) >= 11 is 0. The van der Waals surface area contributed by atoms with E-state index in [-0.39, 0.29) is 18.2 Å². The first-order chi connectivity index (χ1) is 15.3. The molecule has 0 saturated heterocycles. The summed E-state index contributed by atoms with van der Waals surface area (Å²) in [6, 6.07) is 13.5. The predicted molar refractivity (Wildman–Crippen MR) is 114 cm³/mol. The maximum absolute atomic E-state index is 13.0. The van der Waals surface area contributed by atoms with Gasteiger partial charge < -0.3 is 24.8 Å². The first-order valence-corrected chi connectivity index (χ1v) is 9.73. The lowest BCUT2D eigenvalue weighted by molar-refractivity contribution is -0.128. The average Bonchev–Trinajstić information content (AvgIpc) is 3.23.